The highest BCUT2D eigenvalue weighted by Crippen LogP contribution is 2.30. The molecule has 0 saturated carbocycles. The molecule has 2 rings (SSSR count). The quantitative estimate of drug-likeness (QED) is 0.900. The fourth-order valence-corrected chi connectivity index (χ4v) is 3.33. The van der Waals surface area contributed by atoms with E-state index in [9.17, 15) is 0 Å². The molecule has 2 aromatic rings. The lowest BCUT2D eigenvalue weighted by Crippen LogP contribution is -2.25. The summed E-state index contributed by atoms with van der Waals surface area (Å²) in [5.74, 6) is 0.799. The summed E-state index contributed by atoms with van der Waals surface area (Å²) in [6, 6.07) is 2.04. The summed E-state index contributed by atoms with van der Waals surface area (Å²) in [5, 5.41) is 6.22. The lowest BCUT2D eigenvalue weighted by atomic mass is 10.1. The van der Waals surface area contributed by atoms with Gasteiger partial charge in [0.1, 0.15) is 0 Å². The molecule has 0 bridgehead atoms. The standard InChI is InChI=1S/C10H12BrN3S2/c1-10(2,3)13-9-12-8(14-16-9)7-4-6(11)5-15-7/h4-5H,1-3H3,(H,12,13,14). The van der Waals surface area contributed by atoms with Gasteiger partial charge < -0.3 is 5.32 Å². The third-order valence-electron chi connectivity index (χ3n) is 1.70. The number of hydrogen-bond acceptors (Lipinski definition) is 5. The minimum atomic E-state index is 0.0207. The molecule has 0 aliphatic heterocycles. The van der Waals surface area contributed by atoms with Crippen molar-refractivity contribution in [1.82, 2.24) is 9.36 Å². The van der Waals surface area contributed by atoms with Gasteiger partial charge >= 0.3 is 0 Å². The number of aromatic nitrogens is 2. The second-order valence-corrected chi connectivity index (χ2v) is 7.01. The van der Waals surface area contributed by atoms with E-state index in [-0.39, 0.29) is 5.54 Å². The van der Waals surface area contributed by atoms with Gasteiger partial charge in [-0.2, -0.15) is 9.36 Å². The van der Waals surface area contributed by atoms with E-state index in [1.807, 2.05) is 11.4 Å². The van der Waals surface area contributed by atoms with Crippen LogP contribution in [0, 0.1) is 0 Å². The van der Waals surface area contributed by atoms with Crippen molar-refractivity contribution in [2.45, 2.75) is 26.3 Å². The molecule has 0 aliphatic carbocycles. The van der Waals surface area contributed by atoms with Crippen molar-refractivity contribution < 1.29 is 0 Å². The molecule has 0 radical (unpaired) electrons. The van der Waals surface area contributed by atoms with Crippen molar-refractivity contribution >= 4 is 43.9 Å². The van der Waals surface area contributed by atoms with E-state index in [4.69, 9.17) is 0 Å². The molecule has 0 spiro atoms. The Hall–Kier alpha value is -0.460. The molecule has 0 unspecified atom stereocenters. The molecular weight excluding hydrogens is 306 g/mol. The van der Waals surface area contributed by atoms with Crippen molar-refractivity contribution in [3.63, 3.8) is 0 Å². The highest BCUT2D eigenvalue weighted by atomic mass is 79.9. The van der Waals surface area contributed by atoms with Crippen LogP contribution in [0.1, 0.15) is 20.8 Å². The molecule has 0 amide bonds. The van der Waals surface area contributed by atoms with Gasteiger partial charge in [-0.1, -0.05) is 0 Å². The van der Waals surface area contributed by atoms with E-state index in [0.717, 1.165) is 20.3 Å². The molecular formula is C10H12BrN3S2. The molecule has 1 N–H and O–H groups in total. The van der Waals surface area contributed by atoms with Crippen LogP contribution in [0.25, 0.3) is 10.7 Å². The third-order valence-corrected chi connectivity index (χ3v) is 4.01. The van der Waals surface area contributed by atoms with Crippen LogP contribution in [-0.4, -0.2) is 14.9 Å². The van der Waals surface area contributed by atoms with Gasteiger partial charge in [-0.25, -0.2) is 0 Å². The molecule has 2 aromatic heterocycles. The lowest BCUT2D eigenvalue weighted by Gasteiger charge is -2.18. The first kappa shape index (κ1) is 12.0. The summed E-state index contributed by atoms with van der Waals surface area (Å²) in [5.41, 5.74) is 0.0207. The minimum Gasteiger partial charge on any atom is -0.356 e. The van der Waals surface area contributed by atoms with E-state index in [0.29, 0.717) is 0 Å². The van der Waals surface area contributed by atoms with Crippen LogP contribution in [0.3, 0.4) is 0 Å². The monoisotopic (exact) mass is 317 g/mol. The molecule has 3 nitrogen and oxygen atoms in total. The average Bonchev–Trinajstić information content (AvgIpc) is 2.71. The van der Waals surface area contributed by atoms with Crippen LogP contribution in [0.5, 0.6) is 0 Å². The Labute approximate surface area is 111 Å². The smallest absolute Gasteiger partial charge is 0.203 e. The Morgan fingerprint density at radius 2 is 2.12 bits per heavy atom. The van der Waals surface area contributed by atoms with E-state index < -0.39 is 0 Å². The van der Waals surface area contributed by atoms with Crippen LogP contribution >= 0.6 is 38.8 Å². The zero-order chi connectivity index (χ0) is 11.8. The Morgan fingerprint density at radius 1 is 1.38 bits per heavy atom. The van der Waals surface area contributed by atoms with Gasteiger partial charge in [0.25, 0.3) is 0 Å². The number of rotatable bonds is 2. The first-order valence-electron chi connectivity index (χ1n) is 4.80. The Kier molecular flexibility index (Phi) is 3.32. The van der Waals surface area contributed by atoms with E-state index in [2.05, 4.69) is 51.4 Å². The maximum atomic E-state index is 4.47. The zero-order valence-corrected chi connectivity index (χ0v) is 12.5. The Morgan fingerprint density at radius 3 is 2.69 bits per heavy atom. The summed E-state index contributed by atoms with van der Waals surface area (Å²) < 4.78 is 5.42. The molecule has 0 atom stereocenters. The summed E-state index contributed by atoms with van der Waals surface area (Å²) in [4.78, 5) is 5.55. The highest BCUT2D eigenvalue weighted by Gasteiger charge is 2.14. The third kappa shape index (κ3) is 3.02. The van der Waals surface area contributed by atoms with Crippen molar-refractivity contribution in [2.24, 2.45) is 0 Å². The summed E-state index contributed by atoms with van der Waals surface area (Å²) >= 11 is 6.47. The Bertz CT molecular complexity index is 484. The van der Waals surface area contributed by atoms with Gasteiger partial charge in [-0.15, -0.1) is 11.3 Å². The predicted molar refractivity (Wildman–Crippen MR) is 74.3 cm³/mol. The number of thiophene rings is 1. The molecule has 0 aliphatic rings. The van der Waals surface area contributed by atoms with Gasteiger partial charge in [0.15, 0.2) is 5.82 Å². The van der Waals surface area contributed by atoms with Crippen molar-refractivity contribution in [3.05, 3.63) is 15.9 Å². The van der Waals surface area contributed by atoms with Gasteiger partial charge in [0, 0.05) is 26.9 Å². The van der Waals surface area contributed by atoms with Crippen LogP contribution in [0.15, 0.2) is 15.9 Å². The largest absolute Gasteiger partial charge is 0.356 e. The lowest BCUT2D eigenvalue weighted by molar-refractivity contribution is 0.633. The fourth-order valence-electron chi connectivity index (χ4n) is 1.13. The topological polar surface area (TPSA) is 37.8 Å². The minimum absolute atomic E-state index is 0.0207. The van der Waals surface area contributed by atoms with Gasteiger partial charge in [0.2, 0.25) is 5.13 Å². The zero-order valence-electron chi connectivity index (χ0n) is 9.24. The van der Waals surface area contributed by atoms with Crippen LogP contribution in [0.2, 0.25) is 0 Å². The molecule has 6 heteroatoms. The van der Waals surface area contributed by atoms with Crippen molar-refractivity contribution in [2.75, 3.05) is 5.32 Å². The Balaban J connectivity index is 2.20. The average molecular weight is 318 g/mol. The van der Waals surface area contributed by atoms with Gasteiger partial charge in [0.05, 0.1) is 4.88 Å². The second-order valence-electron chi connectivity index (χ2n) is 4.43. The molecule has 0 fully saturated rings. The van der Waals surface area contributed by atoms with Gasteiger partial charge in [-0.05, 0) is 42.8 Å². The first-order valence-corrected chi connectivity index (χ1v) is 7.25. The predicted octanol–water partition coefficient (Wildman–Crippen LogP) is 4.24. The number of nitrogens with one attached hydrogen (secondary N) is 1. The normalized spacial score (nSPS) is 11.8. The molecule has 2 heterocycles. The van der Waals surface area contributed by atoms with Crippen molar-refractivity contribution in [3.8, 4) is 10.7 Å². The first-order chi connectivity index (χ1) is 7.44. The summed E-state index contributed by atoms with van der Waals surface area (Å²) in [7, 11) is 0. The van der Waals surface area contributed by atoms with Gasteiger partial charge in [-0.3, -0.25) is 0 Å². The van der Waals surface area contributed by atoms with E-state index in [1.54, 1.807) is 11.3 Å². The fraction of sp³-hybridized carbons (Fsp3) is 0.400. The van der Waals surface area contributed by atoms with Crippen LogP contribution < -0.4 is 5.32 Å². The number of hydrogen-bond donors (Lipinski definition) is 1. The second kappa shape index (κ2) is 4.43. The van der Waals surface area contributed by atoms with Crippen molar-refractivity contribution in [1.29, 1.82) is 0 Å². The summed E-state index contributed by atoms with van der Waals surface area (Å²) in [6.45, 7) is 6.32. The van der Waals surface area contributed by atoms with E-state index >= 15 is 0 Å². The molecule has 0 saturated heterocycles. The SMILES string of the molecule is CC(C)(C)Nc1nc(-c2cc(Br)cs2)ns1. The summed E-state index contributed by atoms with van der Waals surface area (Å²) in [6.07, 6.45) is 0. The number of anilines is 1. The van der Waals surface area contributed by atoms with Crippen LogP contribution in [0.4, 0.5) is 5.13 Å². The maximum absolute atomic E-state index is 4.47. The highest BCUT2D eigenvalue weighted by molar-refractivity contribution is 9.10. The molecule has 0 aromatic carbocycles. The maximum Gasteiger partial charge on any atom is 0.203 e. The number of nitrogens with zero attached hydrogens (tertiary/aromatic N) is 2. The van der Waals surface area contributed by atoms with Crippen LogP contribution in [-0.2, 0) is 0 Å². The molecule has 16 heavy (non-hydrogen) atoms. The van der Waals surface area contributed by atoms with E-state index in [1.165, 1.54) is 11.5 Å². The molecule has 86 valence electrons. The number of halogens is 1.